The number of amides is 1. The lowest BCUT2D eigenvalue weighted by Gasteiger charge is -2.29. The summed E-state index contributed by atoms with van der Waals surface area (Å²) in [6.07, 6.45) is 5.65. The fourth-order valence-electron chi connectivity index (χ4n) is 2.19. The molecule has 0 unspecified atom stereocenters. The van der Waals surface area contributed by atoms with Gasteiger partial charge in [-0.3, -0.25) is 0 Å². The Hall–Kier alpha value is -0.730. The first kappa shape index (κ1) is 17.3. The molecular formula is C15H31NO2. The van der Waals surface area contributed by atoms with E-state index in [1.807, 2.05) is 34.6 Å². The van der Waals surface area contributed by atoms with E-state index >= 15 is 0 Å². The fraction of sp³-hybridized carbons (Fsp3) is 0.933. The summed E-state index contributed by atoms with van der Waals surface area (Å²) < 4.78 is 5.24. The minimum atomic E-state index is -0.398. The zero-order valence-electron chi connectivity index (χ0n) is 13.0. The molecule has 1 rings (SSSR count). The number of rotatable bonds is 2. The van der Waals surface area contributed by atoms with Gasteiger partial charge in [0.1, 0.15) is 5.60 Å². The summed E-state index contributed by atoms with van der Waals surface area (Å²) in [6.45, 7) is 11.9. The largest absolute Gasteiger partial charge is 0.444 e. The highest BCUT2D eigenvalue weighted by atomic mass is 16.6. The van der Waals surface area contributed by atoms with Gasteiger partial charge in [0.05, 0.1) is 0 Å². The van der Waals surface area contributed by atoms with Crippen molar-refractivity contribution in [2.45, 2.75) is 85.3 Å². The molecule has 0 heterocycles. The molecule has 1 aliphatic rings. The normalized spacial score (nSPS) is 23.7. The second-order valence-electron chi connectivity index (χ2n) is 5.77. The molecule has 0 aromatic carbocycles. The van der Waals surface area contributed by atoms with Gasteiger partial charge in [-0.2, -0.15) is 0 Å². The third-order valence-corrected chi connectivity index (χ3v) is 3.14. The number of carbonyl (C=O) groups excluding carboxylic acids is 1. The van der Waals surface area contributed by atoms with Gasteiger partial charge in [-0.1, -0.05) is 27.2 Å². The van der Waals surface area contributed by atoms with Gasteiger partial charge in [-0.25, -0.2) is 4.79 Å². The van der Waals surface area contributed by atoms with E-state index in [0.717, 1.165) is 18.8 Å². The Morgan fingerprint density at radius 2 is 1.67 bits per heavy atom. The van der Waals surface area contributed by atoms with Crippen molar-refractivity contribution in [3.63, 3.8) is 0 Å². The molecule has 0 radical (unpaired) electrons. The Balaban J connectivity index is 0.00000137. The molecule has 3 nitrogen and oxygen atoms in total. The van der Waals surface area contributed by atoms with E-state index in [9.17, 15) is 4.79 Å². The van der Waals surface area contributed by atoms with Crippen LogP contribution in [0.2, 0.25) is 0 Å². The van der Waals surface area contributed by atoms with Crippen molar-refractivity contribution in [1.29, 1.82) is 0 Å². The topological polar surface area (TPSA) is 38.3 Å². The molecule has 1 N–H and O–H groups in total. The highest BCUT2D eigenvalue weighted by Crippen LogP contribution is 2.26. The van der Waals surface area contributed by atoms with Crippen LogP contribution < -0.4 is 5.32 Å². The molecule has 0 bridgehead atoms. The Kier molecular flexibility index (Phi) is 8.05. The number of carbonyl (C=O) groups is 1. The first-order chi connectivity index (χ1) is 8.40. The molecule has 1 saturated carbocycles. The van der Waals surface area contributed by atoms with Gasteiger partial charge in [-0.15, -0.1) is 0 Å². The van der Waals surface area contributed by atoms with Gasteiger partial charge in [0.2, 0.25) is 0 Å². The van der Waals surface area contributed by atoms with E-state index in [1.54, 1.807) is 0 Å². The summed E-state index contributed by atoms with van der Waals surface area (Å²) in [5.74, 6) is 0.858. The van der Waals surface area contributed by atoms with Crippen molar-refractivity contribution < 1.29 is 9.53 Å². The molecule has 0 saturated heterocycles. The predicted molar refractivity (Wildman–Crippen MR) is 76.8 cm³/mol. The van der Waals surface area contributed by atoms with E-state index in [4.69, 9.17) is 4.74 Å². The van der Waals surface area contributed by atoms with Crippen molar-refractivity contribution in [3.8, 4) is 0 Å². The lowest BCUT2D eigenvalue weighted by molar-refractivity contribution is 0.0487. The van der Waals surface area contributed by atoms with Crippen LogP contribution in [0.25, 0.3) is 0 Å². The van der Waals surface area contributed by atoms with Crippen LogP contribution in [-0.4, -0.2) is 17.7 Å². The van der Waals surface area contributed by atoms with E-state index in [2.05, 4.69) is 12.2 Å². The lowest BCUT2D eigenvalue weighted by atomic mass is 9.85. The number of nitrogens with one attached hydrogen (secondary N) is 1. The Morgan fingerprint density at radius 1 is 1.17 bits per heavy atom. The highest BCUT2D eigenvalue weighted by molar-refractivity contribution is 5.68. The van der Waals surface area contributed by atoms with E-state index in [0.29, 0.717) is 6.04 Å². The third-order valence-electron chi connectivity index (χ3n) is 3.14. The summed E-state index contributed by atoms with van der Waals surface area (Å²) in [5.41, 5.74) is -0.398. The van der Waals surface area contributed by atoms with E-state index in [1.165, 1.54) is 19.3 Å². The second-order valence-corrected chi connectivity index (χ2v) is 5.77. The van der Waals surface area contributed by atoms with Crippen molar-refractivity contribution in [2.75, 3.05) is 0 Å². The van der Waals surface area contributed by atoms with Gasteiger partial charge in [-0.05, 0) is 52.4 Å². The average Bonchev–Trinajstić information content (AvgIpc) is 2.30. The van der Waals surface area contributed by atoms with Crippen molar-refractivity contribution >= 4 is 6.09 Å². The molecule has 108 valence electrons. The molecule has 0 aromatic rings. The van der Waals surface area contributed by atoms with Gasteiger partial charge >= 0.3 is 6.09 Å². The second kappa shape index (κ2) is 8.39. The van der Waals surface area contributed by atoms with Gasteiger partial charge in [0.25, 0.3) is 0 Å². The summed E-state index contributed by atoms with van der Waals surface area (Å²) >= 11 is 0. The minimum Gasteiger partial charge on any atom is -0.444 e. The minimum absolute atomic E-state index is 0.271. The van der Waals surface area contributed by atoms with Gasteiger partial charge < -0.3 is 10.1 Å². The van der Waals surface area contributed by atoms with Crippen molar-refractivity contribution in [1.82, 2.24) is 5.32 Å². The van der Waals surface area contributed by atoms with Crippen LogP contribution in [-0.2, 0) is 4.74 Å². The molecule has 18 heavy (non-hydrogen) atoms. The predicted octanol–water partition coefficient (Wildman–Crippen LogP) is 4.51. The maximum atomic E-state index is 11.5. The SMILES string of the molecule is CC.CCC1CCC(NC(=O)OC(C)(C)C)CC1. The summed E-state index contributed by atoms with van der Waals surface area (Å²) in [6, 6.07) is 0.317. The Labute approximate surface area is 113 Å². The van der Waals surface area contributed by atoms with Crippen LogP contribution in [0.15, 0.2) is 0 Å². The van der Waals surface area contributed by atoms with Crippen LogP contribution in [0.5, 0.6) is 0 Å². The molecule has 1 aliphatic carbocycles. The molecule has 0 atom stereocenters. The lowest BCUT2D eigenvalue weighted by Crippen LogP contribution is -2.40. The first-order valence-corrected chi connectivity index (χ1v) is 7.40. The van der Waals surface area contributed by atoms with Crippen LogP contribution in [0.3, 0.4) is 0 Å². The molecule has 0 spiro atoms. The fourth-order valence-corrected chi connectivity index (χ4v) is 2.19. The van der Waals surface area contributed by atoms with Crippen molar-refractivity contribution in [2.24, 2.45) is 5.92 Å². The van der Waals surface area contributed by atoms with Crippen LogP contribution in [0.1, 0.15) is 73.6 Å². The zero-order valence-corrected chi connectivity index (χ0v) is 13.0. The Bertz CT molecular complexity index is 225. The third kappa shape index (κ3) is 7.57. The van der Waals surface area contributed by atoms with E-state index < -0.39 is 5.60 Å². The summed E-state index contributed by atoms with van der Waals surface area (Å²) in [5, 5.41) is 2.96. The van der Waals surface area contributed by atoms with Crippen LogP contribution in [0.4, 0.5) is 4.79 Å². The highest BCUT2D eigenvalue weighted by Gasteiger charge is 2.23. The number of hydrogen-bond donors (Lipinski definition) is 1. The number of hydrogen-bond acceptors (Lipinski definition) is 2. The Morgan fingerprint density at radius 3 is 2.06 bits per heavy atom. The number of ether oxygens (including phenoxy) is 1. The monoisotopic (exact) mass is 257 g/mol. The first-order valence-electron chi connectivity index (χ1n) is 7.40. The zero-order chi connectivity index (χ0) is 14.2. The average molecular weight is 257 g/mol. The molecule has 1 amide bonds. The standard InChI is InChI=1S/C13H25NO2.C2H6/c1-5-10-6-8-11(9-7-10)14-12(15)16-13(2,3)4;1-2/h10-11H,5-9H2,1-4H3,(H,14,15);1-2H3. The number of alkyl carbamates (subject to hydrolysis) is 1. The molecular weight excluding hydrogens is 226 g/mol. The van der Waals surface area contributed by atoms with Gasteiger partial charge in [0, 0.05) is 6.04 Å². The molecule has 1 fully saturated rings. The maximum absolute atomic E-state index is 11.5. The molecule has 0 aromatic heterocycles. The maximum Gasteiger partial charge on any atom is 0.407 e. The summed E-state index contributed by atoms with van der Waals surface area (Å²) in [4.78, 5) is 11.5. The quantitative estimate of drug-likeness (QED) is 0.790. The summed E-state index contributed by atoms with van der Waals surface area (Å²) in [7, 11) is 0. The van der Waals surface area contributed by atoms with Crippen molar-refractivity contribution in [3.05, 3.63) is 0 Å². The molecule has 3 heteroatoms. The van der Waals surface area contributed by atoms with Crippen LogP contribution >= 0.6 is 0 Å². The smallest absolute Gasteiger partial charge is 0.407 e. The van der Waals surface area contributed by atoms with E-state index in [-0.39, 0.29) is 6.09 Å². The van der Waals surface area contributed by atoms with Crippen LogP contribution in [0, 0.1) is 5.92 Å². The van der Waals surface area contributed by atoms with Gasteiger partial charge in [0.15, 0.2) is 0 Å². The molecule has 0 aliphatic heterocycles.